The first-order valence-corrected chi connectivity index (χ1v) is 12.7. The van der Waals surface area contributed by atoms with E-state index in [9.17, 15) is 13.2 Å². The van der Waals surface area contributed by atoms with Gasteiger partial charge in [-0.1, -0.05) is 11.2 Å². The van der Waals surface area contributed by atoms with Crippen molar-refractivity contribution in [2.45, 2.75) is 52.1 Å². The summed E-state index contributed by atoms with van der Waals surface area (Å²) in [5.41, 5.74) is 3.14. The van der Waals surface area contributed by atoms with Crippen LogP contribution < -0.4 is 10.1 Å². The van der Waals surface area contributed by atoms with Gasteiger partial charge in [-0.05, 0) is 82.1 Å². The highest BCUT2D eigenvalue weighted by molar-refractivity contribution is 5.59. The lowest BCUT2D eigenvalue weighted by atomic mass is 10.0. The number of halogens is 3. The first-order chi connectivity index (χ1) is 18.6. The van der Waals surface area contributed by atoms with Crippen LogP contribution in [0.1, 0.15) is 37.9 Å². The van der Waals surface area contributed by atoms with Gasteiger partial charge in [0.25, 0.3) is 5.89 Å². The van der Waals surface area contributed by atoms with Crippen LogP contribution >= 0.6 is 0 Å². The van der Waals surface area contributed by atoms with Gasteiger partial charge in [0, 0.05) is 36.1 Å². The summed E-state index contributed by atoms with van der Waals surface area (Å²) in [4.78, 5) is 11.4. The first-order valence-electron chi connectivity index (χ1n) is 12.7. The lowest BCUT2D eigenvalue weighted by Crippen LogP contribution is -2.40. The summed E-state index contributed by atoms with van der Waals surface area (Å²) in [7, 11) is 0. The Bertz CT molecular complexity index is 1400. The molecule has 0 saturated carbocycles. The maximum absolute atomic E-state index is 12.4. The van der Waals surface area contributed by atoms with Crippen molar-refractivity contribution in [3.8, 4) is 28.7 Å². The largest absolute Gasteiger partial charge is 0.573 e. The zero-order valence-electron chi connectivity index (χ0n) is 22.0. The zero-order chi connectivity index (χ0) is 27.6. The third kappa shape index (κ3) is 6.56. The number of ether oxygens (including phenoxy) is 1. The lowest BCUT2D eigenvalue weighted by Gasteiger charge is -2.31. The quantitative estimate of drug-likeness (QED) is 0.295. The summed E-state index contributed by atoms with van der Waals surface area (Å²) in [6, 6.07) is 11.1. The van der Waals surface area contributed by atoms with Crippen LogP contribution in [0.25, 0.3) is 23.0 Å². The second-order valence-electron chi connectivity index (χ2n) is 10.2. The van der Waals surface area contributed by atoms with Crippen molar-refractivity contribution in [1.82, 2.24) is 29.8 Å². The fraction of sp³-hybridized carbons (Fsp3) is 0.407. The smallest absolute Gasteiger partial charge is 0.406 e. The van der Waals surface area contributed by atoms with Gasteiger partial charge < -0.3 is 14.6 Å². The van der Waals surface area contributed by atoms with E-state index >= 15 is 0 Å². The fourth-order valence-corrected chi connectivity index (χ4v) is 4.72. The lowest BCUT2D eigenvalue weighted by molar-refractivity contribution is -0.274. The summed E-state index contributed by atoms with van der Waals surface area (Å²) in [6.07, 6.45) is -0.433. The van der Waals surface area contributed by atoms with E-state index in [2.05, 4.69) is 49.0 Å². The van der Waals surface area contributed by atoms with Crippen LogP contribution in [0.15, 0.2) is 53.2 Å². The summed E-state index contributed by atoms with van der Waals surface area (Å²) in [5.74, 6) is 0.955. The van der Waals surface area contributed by atoms with Crippen molar-refractivity contribution in [3.05, 3.63) is 59.9 Å². The Labute approximate surface area is 224 Å². The molecule has 12 heteroatoms. The number of aromatic nitrogens is 5. The number of hydrogen-bond acceptors (Lipinski definition) is 8. The minimum Gasteiger partial charge on any atom is -0.406 e. The molecule has 206 valence electrons. The van der Waals surface area contributed by atoms with Gasteiger partial charge in [0.15, 0.2) is 5.69 Å². The van der Waals surface area contributed by atoms with Gasteiger partial charge in [-0.25, -0.2) is 4.98 Å². The number of benzene rings is 1. The molecule has 1 aliphatic rings. The number of hydrogen-bond donors (Lipinski definition) is 1. The highest BCUT2D eigenvalue weighted by atomic mass is 19.4. The van der Waals surface area contributed by atoms with Crippen molar-refractivity contribution < 1.29 is 22.4 Å². The predicted octanol–water partition coefficient (Wildman–Crippen LogP) is 5.54. The molecular weight excluding hydrogens is 511 g/mol. The van der Waals surface area contributed by atoms with Crippen molar-refractivity contribution in [3.63, 3.8) is 0 Å². The SMILES string of the molecule is Cc1cc(-c2nc(-c3ccc(OC(F)(F)F)cc3)no2)nn1Cc1ccc(NCCN2CCCC2(C)C)nc1. The Balaban J connectivity index is 1.18. The molecule has 1 fully saturated rings. The Morgan fingerprint density at radius 1 is 1.13 bits per heavy atom. The third-order valence-electron chi connectivity index (χ3n) is 6.89. The number of nitrogens with zero attached hydrogens (tertiary/aromatic N) is 6. The normalized spacial score (nSPS) is 15.5. The van der Waals surface area contributed by atoms with Crippen LogP contribution in [0.4, 0.5) is 19.0 Å². The van der Waals surface area contributed by atoms with Crippen LogP contribution in [0, 0.1) is 6.92 Å². The molecule has 0 atom stereocenters. The summed E-state index contributed by atoms with van der Waals surface area (Å²) < 4.78 is 48.2. The molecule has 39 heavy (non-hydrogen) atoms. The van der Waals surface area contributed by atoms with Gasteiger partial charge in [-0.2, -0.15) is 10.1 Å². The molecule has 5 rings (SSSR count). The molecule has 1 aromatic carbocycles. The number of anilines is 1. The summed E-state index contributed by atoms with van der Waals surface area (Å²) in [5, 5.41) is 11.9. The molecule has 1 saturated heterocycles. The number of pyridine rings is 1. The highest BCUT2D eigenvalue weighted by Crippen LogP contribution is 2.28. The molecular formula is C27H30F3N7O2. The average Bonchev–Trinajstić information content (AvgIpc) is 3.59. The number of rotatable bonds is 9. The molecule has 4 aromatic rings. The molecule has 0 bridgehead atoms. The number of nitrogens with one attached hydrogen (secondary N) is 1. The van der Waals surface area contributed by atoms with E-state index in [-0.39, 0.29) is 23.0 Å². The van der Waals surface area contributed by atoms with Gasteiger partial charge in [-0.3, -0.25) is 9.58 Å². The van der Waals surface area contributed by atoms with E-state index in [1.165, 1.54) is 37.1 Å². The van der Waals surface area contributed by atoms with Crippen molar-refractivity contribution in [1.29, 1.82) is 0 Å². The van der Waals surface area contributed by atoms with E-state index in [1.54, 1.807) is 0 Å². The monoisotopic (exact) mass is 541 g/mol. The minimum atomic E-state index is -4.75. The van der Waals surface area contributed by atoms with Crippen LogP contribution in [0.5, 0.6) is 5.75 Å². The van der Waals surface area contributed by atoms with Gasteiger partial charge in [0.1, 0.15) is 11.6 Å². The van der Waals surface area contributed by atoms with E-state index < -0.39 is 6.36 Å². The highest BCUT2D eigenvalue weighted by Gasteiger charge is 2.31. The van der Waals surface area contributed by atoms with Gasteiger partial charge in [0.05, 0.1) is 6.54 Å². The Morgan fingerprint density at radius 2 is 1.92 bits per heavy atom. The molecule has 1 aliphatic heterocycles. The molecule has 0 spiro atoms. The standard InChI is InChI=1S/C27H30F3N7O2/c1-18-15-22(25-33-24(35-39-25)20-6-8-21(9-7-20)38-27(28,29)30)34-37(18)17-19-5-10-23(32-16-19)31-12-14-36-13-4-11-26(36,2)3/h5-10,15-16H,4,11-14,17H2,1-3H3,(H,31,32). The topological polar surface area (TPSA) is 94.1 Å². The van der Waals surface area contributed by atoms with Crippen LogP contribution in [0.2, 0.25) is 0 Å². The van der Waals surface area contributed by atoms with Gasteiger partial charge >= 0.3 is 6.36 Å². The van der Waals surface area contributed by atoms with Crippen LogP contribution in [-0.4, -0.2) is 61.3 Å². The van der Waals surface area contributed by atoms with Crippen LogP contribution in [0.3, 0.4) is 0 Å². The maximum Gasteiger partial charge on any atom is 0.573 e. The zero-order valence-corrected chi connectivity index (χ0v) is 22.0. The number of likely N-dealkylation sites (tertiary alicyclic amines) is 1. The fourth-order valence-electron chi connectivity index (χ4n) is 4.72. The summed E-state index contributed by atoms with van der Waals surface area (Å²) >= 11 is 0. The molecule has 4 heterocycles. The van der Waals surface area contributed by atoms with E-state index in [4.69, 9.17) is 4.52 Å². The Hall–Kier alpha value is -3.93. The third-order valence-corrected chi connectivity index (χ3v) is 6.89. The van der Waals surface area contributed by atoms with Gasteiger partial charge in [0.2, 0.25) is 5.82 Å². The molecule has 0 radical (unpaired) electrons. The number of aryl methyl sites for hydroxylation is 1. The second kappa shape index (κ2) is 10.7. The van der Waals surface area contributed by atoms with Gasteiger partial charge in [-0.15, -0.1) is 13.2 Å². The van der Waals surface area contributed by atoms with Crippen LogP contribution in [-0.2, 0) is 6.54 Å². The Kier molecular flexibility index (Phi) is 7.30. The number of alkyl halides is 3. The van der Waals surface area contributed by atoms with E-state index in [0.717, 1.165) is 36.7 Å². The minimum absolute atomic E-state index is 0.210. The Morgan fingerprint density at radius 3 is 2.59 bits per heavy atom. The molecule has 9 nitrogen and oxygen atoms in total. The molecule has 0 aliphatic carbocycles. The summed E-state index contributed by atoms with van der Waals surface area (Å²) in [6.45, 7) is 10.0. The molecule has 0 unspecified atom stereocenters. The van der Waals surface area contributed by atoms with Crippen molar-refractivity contribution >= 4 is 5.82 Å². The average molecular weight is 542 g/mol. The molecule has 1 N–H and O–H groups in total. The maximum atomic E-state index is 12.4. The van der Waals surface area contributed by atoms with Crippen molar-refractivity contribution in [2.24, 2.45) is 0 Å². The molecule has 3 aromatic heterocycles. The van der Waals surface area contributed by atoms with E-state index in [0.29, 0.717) is 17.8 Å². The molecule has 0 amide bonds. The predicted molar refractivity (Wildman–Crippen MR) is 139 cm³/mol. The second-order valence-corrected chi connectivity index (χ2v) is 10.2. The first kappa shape index (κ1) is 26.7. The van der Waals surface area contributed by atoms with Crippen molar-refractivity contribution in [2.75, 3.05) is 25.0 Å². The van der Waals surface area contributed by atoms with E-state index in [1.807, 2.05) is 36.0 Å².